The van der Waals surface area contributed by atoms with Crippen molar-refractivity contribution in [3.63, 3.8) is 0 Å². The van der Waals surface area contributed by atoms with E-state index in [1.165, 1.54) is 25.7 Å². The number of unbranched alkanes of at least 4 members (excludes halogenated alkanes) is 2. The van der Waals surface area contributed by atoms with E-state index in [9.17, 15) is 9.59 Å². The lowest BCUT2D eigenvalue weighted by molar-refractivity contribution is 0.0236. The molecule has 13 nitrogen and oxygen atoms in total. The molecule has 2 aromatic rings. The van der Waals surface area contributed by atoms with Gasteiger partial charge in [-0.2, -0.15) is 11.8 Å². The molecule has 0 saturated carbocycles. The van der Waals surface area contributed by atoms with Gasteiger partial charge in [-0.05, 0) is 61.6 Å². The Kier molecular flexibility index (Phi) is 48.3. The molecule has 0 unspecified atom stereocenters. The molecule has 326 valence electrons. The number of hydrogen-bond donors (Lipinski definition) is 1. The van der Waals surface area contributed by atoms with E-state index in [1.807, 2.05) is 77.6 Å². The maximum Gasteiger partial charge on any atom is 0.356 e. The van der Waals surface area contributed by atoms with Crippen LogP contribution in [0.25, 0.3) is 0 Å². The Bertz CT molecular complexity index is 1120. The SMILES string of the molecule is CC.CC.CC.COC.COCCN(CCOCCOCCN(CCOCCCSCCCCCN)Cc1cccc(C(=O)OC)n1)Cc1cccc(C=O)n1. The lowest BCUT2D eigenvalue weighted by Gasteiger charge is -2.22. The van der Waals surface area contributed by atoms with Crippen LogP contribution in [0.5, 0.6) is 0 Å². The van der Waals surface area contributed by atoms with E-state index in [1.54, 1.807) is 33.5 Å². The van der Waals surface area contributed by atoms with Gasteiger partial charge in [0.15, 0.2) is 6.29 Å². The largest absolute Gasteiger partial charge is 0.464 e. The third-order valence-corrected chi connectivity index (χ3v) is 8.29. The lowest BCUT2D eigenvalue weighted by atomic mass is 10.2. The number of carbonyl (C=O) groups is 2. The highest BCUT2D eigenvalue weighted by Crippen LogP contribution is 2.09. The first kappa shape index (κ1) is 57.8. The zero-order valence-electron chi connectivity index (χ0n) is 36.7. The van der Waals surface area contributed by atoms with E-state index in [2.05, 4.69) is 24.5 Å². The molecule has 2 N–H and O–H groups in total. The average molecular weight is 814 g/mol. The Morgan fingerprint density at radius 1 is 0.661 bits per heavy atom. The molecule has 0 aromatic carbocycles. The summed E-state index contributed by atoms with van der Waals surface area (Å²) in [5.41, 5.74) is 7.89. The van der Waals surface area contributed by atoms with Crippen molar-refractivity contribution in [1.82, 2.24) is 19.8 Å². The highest BCUT2D eigenvalue weighted by atomic mass is 32.2. The molecule has 0 aliphatic carbocycles. The molecule has 0 aliphatic rings. The van der Waals surface area contributed by atoms with E-state index in [4.69, 9.17) is 29.4 Å². The van der Waals surface area contributed by atoms with Crippen molar-refractivity contribution in [2.75, 3.05) is 119 Å². The summed E-state index contributed by atoms with van der Waals surface area (Å²) in [5.74, 6) is 1.83. The average Bonchev–Trinajstić information content (AvgIpc) is 3.24. The molecule has 0 radical (unpaired) electrons. The van der Waals surface area contributed by atoms with Crippen molar-refractivity contribution in [2.24, 2.45) is 5.73 Å². The summed E-state index contributed by atoms with van der Waals surface area (Å²) in [6.07, 6.45) is 5.32. The van der Waals surface area contributed by atoms with Crippen LogP contribution in [0.3, 0.4) is 0 Å². The standard InChI is InChI=1S/C34H55N5O7S.C2H6O.3C2H6/c1-42-19-14-38(27-30-9-6-11-32(29-40)36-30)16-21-45-23-24-46-22-17-39(28-31-10-7-12-33(37-31)34(41)43-2)15-20-44-18-8-26-47-25-5-3-4-13-35;1-3-2;3*1-2/h6-7,9-12,29H,3-5,8,13-28,35H2,1-2H3;1-2H3;3*1-2H3. The topological polar surface area (TPSA) is 148 Å². The maximum atomic E-state index is 12.0. The monoisotopic (exact) mass is 814 g/mol. The number of hydrogen-bond acceptors (Lipinski definition) is 14. The van der Waals surface area contributed by atoms with Gasteiger partial charge in [-0.15, -0.1) is 0 Å². The zero-order chi connectivity index (χ0) is 42.5. The summed E-state index contributed by atoms with van der Waals surface area (Å²) in [5, 5.41) is 0. The molecule has 0 aliphatic heterocycles. The van der Waals surface area contributed by atoms with Gasteiger partial charge in [0, 0.05) is 67.2 Å². The number of thioether (sulfide) groups is 1. The van der Waals surface area contributed by atoms with Gasteiger partial charge >= 0.3 is 5.97 Å². The summed E-state index contributed by atoms with van der Waals surface area (Å²) in [6.45, 7) is 20.7. The first-order valence-corrected chi connectivity index (χ1v) is 21.5. The van der Waals surface area contributed by atoms with Crippen molar-refractivity contribution in [1.29, 1.82) is 0 Å². The number of ether oxygens (including phenoxy) is 6. The minimum Gasteiger partial charge on any atom is -0.464 e. The number of esters is 1. The first-order valence-electron chi connectivity index (χ1n) is 20.3. The fourth-order valence-electron chi connectivity index (χ4n) is 4.55. The summed E-state index contributed by atoms with van der Waals surface area (Å²) in [7, 11) is 6.28. The number of nitrogens with zero attached hydrogens (tertiary/aromatic N) is 4. The predicted octanol–water partition coefficient (Wildman–Crippen LogP) is 6.67. The molecule has 0 bridgehead atoms. The molecule has 0 saturated heterocycles. The van der Waals surface area contributed by atoms with E-state index in [-0.39, 0.29) is 0 Å². The normalized spacial score (nSPS) is 10.2. The van der Waals surface area contributed by atoms with E-state index >= 15 is 0 Å². The Labute approximate surface area is 345 Å². The Balaban J connectivity index is -0.00000288. The van der Waals surface area contributed by atoms with Crippen molar-refractivity contribution < 1.29 is 38.0 Å². The molecule has 0 fully saturated rings. The molecular weight excluding hydrogens is 735 g/mol. The first-order chi connectivity index (χ1) is 27.5. The summed E-state index contributed by atoms with van der Waals surface area (Å²) in [4.78, 5) is 36.3. The smallest absolute Gasteiger partial charge is 0.356 e. The van der Waals surface area contributed by atoms with E-state index < -0.39 is 5.97 Å². The molecule has 56 heavy (non-hydrogen) atoms. The van der Waals surface area contributed by atoms with Crippen LogP contribution in [0.15, 0.2) is 36.4 Å². The van der Waals surface area contributed by atoms with Crippen molar-refractivity contribution in [3.05, 3.63) is 59.2 Å². The molecule has 0 atom stereocenters. The fraction of sp³-hybridized carbons (Fsp3) is 0.714. The summed E-state index contributed by atoms with van der Waals surface area (Å²) >= 11 is 1.98. The Morgan fingerprint density at radius 3 is 1.68 bits per heavy atom. The van der Waals surface area contributed by atoms with Gasteiger partial charge in [0.1, 0.15) is 11.4 Å². The minimum absolute atomic E-state index is 0.293. The minimum atomic E-state index is -0.451. The highest BCUT2D eigenvalue weighted by molar-refractivity contribution is 7.99. The Morgan fingerprint density at radius 2 is 1.16 bits per heavy atom. The van der Waals surface area contributed by atoms with Crippen molar-refractivity contribution >= 4 is 24.0 Å². The van der Waals surface area contributed by atoms with Gasteiger partial charge in [0.05, 0.1) is 58.1 Å². The summed E-state index contributed by atoms with van der Waals surface area (Å²) in [6, 6.07) is 10.8. The molecule has 2 heterocycles. The van der Waals surface area contributed by atoms with Crippen LogP contribution in [0, 0.1) is 0 Å². The number of methoxy groups -OCH3 is 3. The number of aromatic nitrogens is 2. The number of pyridine rings is 2. The Hall–Kier alpha value is -2.53. The quantitative estimate of drug-likeness (QED) is 0.0509. The zero-order valence-corrected chi connectivity index (χ0v) is 37.5. The number of aldehydes is 1. The third-order valence-electron chi connectivity index (χ3n) is 7.13. The summed E-state index contributed by atoms with van der Waals surface area (Å²) < 4.78 is 32.0. The van der Waals surface area contributed by atoms with Crippen LogP contribution in [0.1, 0.15) is 99.6 Å². The van der Waals surface area contributed by atoms with Gasteiger partial charge in [-0.25, -0.2) is 14.8 Å². The second-order valence-corrected chi connectivity index (χ2v) is 12.5. The number of carbonyl (C=O) groups excluding carboxylic acids is 2. The van der Waals surface area contributed by atoms with Crippen LogP contribution in [-0.2, 0) is 41.5 Å². The van der Waals surface area contributed by atoms with Crippen LogP contribution in [0.4, 0.5) is 0 Å². The molecule has 0 spiro atoms. The van der Waals surface area contributed by atoms with E-state index in [0.717, 1.165) is 62.5 Å². The van der Waals surface area contributed by atoms with Gasteiger partial charge in [-0.1, -0.05) is 60.1 Å². The van der Waals surface area contributed by atoms with Gasteiger partial charge < -0.3 is 34.2 Å². The second-order valence-electron chi connectivity index (χ2n) is 11.3. The molecular formula is C42H79N5O8S. The van der Waals surface area contributed by atoms with E-state index in [0.29, 0.717) is 77.2 Å². The van der Waals surface area contributed by atoms with Crippen LogP contribution in [-0.4, -0.2) is 151 Å². The van der Waals surface area contributed by atoms with Crippen molar-refractivity contribution in [3.8, 4) is 0 Å². The third kappa shape index (κ3) is 34.7. The van der Waals surface area contributed by atoms with Crippen molar-refractivity contribution in [2.45, 2.75) is 80.3 Å². The van der Waals surface area contributed by atoms with Gasteiger partial charge in [-0.3, -0.25) is 14.6 Å². The van der Waals surface area contributed by atoms with Crippen LogP contribution in [0.2, 0.25) is 0 Å². The number of nitrogens with two attached hydrogens (primary N) is 1. The molecule has 0 amide bonds. The number of rotatable bonds is 30. The predicted molar refractivity (Wildman–Crippen MR) is 232 cm³/mol. The lowest BCUT2D eigenvalue weighted by Crippen LogP contribution is -2.32. The van der Waals surface area contributed by atoms with Crippen LogP contribution >= 0.6 is 11.8 Å². The van der Waals surface area contributed by atoms with Crippen LogP contribution < -0.4 is 5.73 Å². The van der Waals surface area contributed by atoms with Gasteiger partial charge in [0.25, 0.3) is 0 Å². The molecule has 2 aromatic heterocycles. The van der Waals surface area contributed by atoms with Gasteiger partial charge in [0.2, 0.25) is 0 Å². The molecule has 2 rings (SSSR count). The maximum absolute atomic E-state index is 12.0. The fourth-order valence-corrected chi connectivity index (χ4v) is 5.49. The highest BCUT2D eigenvalue weighted by Gasteiger charge is 2.12. The second kappa shape index (κ2) is 46.8. The molecule has 14 heteroatoms.